The quantitative estimate of drug-likeness (QED) is 0.346. The molecule has 0 N–H and O–H groups in total. The maximum absolute atomic E-state index is 12.5. The molecule has 0 saturated carbocycles. The fourth-order valence-electron chi connectivity index (χ4n) is 2.56. The molecule has 1 rings (SSSR count). The summed E-state index contributed by atoms with van der Waals surface area (Å²) in [5.74, 6) is -2.28. The Bertz CT molecular complexity index is 667. The van der Waals surface area contributed by atoms with Gasteiger partial charge in [-0.1, -0.05) is 12.2 Å². The van der Waals surface area contributed by atoms with Crippen LogP contribution < -0.4 is 0 Å². The molecule has 0 spiro atoms. The highest BCUT2D eigenvalue weighted by atomic mass is 32.2. The summed E-state index contributed by atoms with van der Waals surface area (Å²) >= 11 is 0. The summed E-state index contributed by atoms with van der Waals surface area (Å²) < 4.78 is 45.7. The molecule has 1 aliphatic rings. The van der Waals surface area contributed by atoms with E-state index >= 15 is 0 Å². The van der Waals surface area contributed by atoms with Crippen molar-refractivity contribution in [3.63, 3.8) is 0 Å². The van der Waals surface area contributed by atoms with Gasteiger partial charge in [-0.2, -0.15) is 0 Å². The van der Waals surface area contributed by atoms with Crippen LogP contribution in [0.5, 0.6) is 0 Å². The lowest BCUT2D eigenvalue weighted by Gasteiger charge is -2.39. The highest BCUT2D eigenvalue weighted by molar-refractivity contribution is 7.92. The Morgan fingerprint density at radius 2 is 1.62 bits per heavy atom. The SMILES string of the molecule is C=C(C)CS(=O)(=O)C1C[C@@H](OC(C)=O)[C@H](OC(C)=O)[C@@H](COC(C)=O)O1. The largest absolute Gasteiger partial charge is 0.463 e. The van der Waals surface area contributed by atoms with Crippen molar-refractivity contribution in [3.8, 4) is 0 Å². The Labute approximate surface area is 152 Å². The van der Waals surface area contributed by atoms with E-state index in [4.69, 9.17) is 18.9 Å². The molecular formula is C16H24O9S. The molecule has 148 valence electrons. The monoisotopic (exact) mass is 392 g/mol. The second kappa shape index (κ2) is 9.13. The predicted molar refractivity (Wildman–Crippen MR) is 89.6 cm³/mol. The Hall–Kier alpha value is -1.94. The zero-order chi connectivity index (χ0) is 20.1. The summed E-state index contributed by atoms with van der Waals surface area (Å²) in [6.07, 6.45) is -3.49. The van der Waals surface area contributed by atoms with Crippen LogP contribution in [0.4, 0.5) is 0 Å². The first-order valence-corrected chi connectivity index (χ1v) is 9.63. The van der Waals surface area contributed by atoms with Gasteiger partial charge in [0.05, 0.1) is 5.75 Å². The topological polar surface area (TPSA) is 122 Å². The third kappa shape index (κ3) is 6.75. The molecule has 4 atom stereocenters. The Kier molecular flexibility index (Phi) is 7.76. The second-order valence-electron chi connectivity index (χ2n) is 6.13. The van der Waals surface area contributed by atoms with E-state index in [0.717, 1.165) is 13.8 Å². The molecule has 0 amide bonds. The van der Waals surface area contributed by atoms with Gasteiger partial charge in [0.15, 0.2) is 21.4 Å². The van der Waals surface area contributed by atoms with Gasteiger partial charge in [0.25, 0.3) is 0 Å². The molecule has 0 radical (unpaired) electrons. The van der Waals surface area contributed by atoms with Gasteiger partial charge in [0, 0.05) is 27.2 Å². The van der Waals surface area contributed by atoms with Crippen molar-refractivity contribution < 1.29 is 41.7 Å². The minimum absolute atomic E-state index is 0.219. The van der Waals surface area contributed by atoms with Crippen LogP contribution in [0.2, 0.25) is 0 Å². The molecule has 1 fully saturated rings. The van der Waals surface area contributed by atoms with Crippen LogP contribution in [-0.2, 0) is 43.2 Å². The molecule has 26 heavy (non-hydrogen) atoms. The van der Waals surface area contributed by atoms with Gasteiger partial charge in [-0.05, 0) is 6.92 Å². The molecule has 10 heteroatoms. The zero-order valence-corrected chi connectivity index (χ0v) is 16.0. The van der Waals surface area contributed by atoms with Crippen molar-refractivity contribution in [3.05, 3.63) is 12.2 Å². The van der Waals surface area contributed by atoms with Crippen molar-refractivity contribution in [2.24, 2.45) is 0 Å². The number of esters is 3. The lowest BCUT2D eigenvalue weighted by Crippen LogP contribution is -2.55. The highest BCUT2D eigenvalue weighted by Crippen LogP contribution is 2.29. The molecule has 1 saturated heterocycles. The molecule has 0 aromatic rings. The molecule has 1 aliphatic heterocycles. The van der Waals surface area contributed by atoms with Crippen LogP contribution in [0.25, 0.3) is 0 Å². The first-order valence-electron chi connectivity index (χ1n) is 7.91. The number of ether oxygens (including phenoxy) is 4. The number of rotatable bonds is 7. The Morgan fingerprint density at radius 1 is 1.04 bits per heavy atom. The first-order chi connectivity index (χ1) is 11.9. The third-order valence-electron chi connectivity index (χ3n) is 3.40. The van der Waals surface area contributed by atoms with E-state index in [1.165, 1.54) is 6.92 Å². The van der Waals surface area contributed by atoms with Crippen LogP contribution >= 0.6 is 0 Å². The highest BCUT2D eigenvalue weighted by Gasteiger charge is 2.47. The Morgan fingerprint density at radius 3 is 2.08 bits per heavy atom. The van der Waals surface area contributed by atoms with Gasteiger partial charge in [-0.3, -0.25) is 14.4 Å². The summed E-state index contributed by atoms with van der Waals surface area (Å²) in [4.78, 5) is 33.9. The molecule has 1 heterocycles. The van der Waals surface area contributed by atoms with Crippen molar-refractivity contribution in [2.45, 2.75) is 57.9 Å². The molecule has 0 aromatic carbocycles. The first kappa shape index (κ1) is 22.1. The van der Waals surface area contributed by atoms with Gasteiger partial charge >= 0.3 is 17.9 Å². The molecule has 0 aliphatic carbocycles. The van der Waals surface area contributed by atoms with Crippen molar-refractivity contribution in [1.29, 1.82) is 0 Å². The number of carbonyl (C=O) groups is 3. The average molecular weight is 392 g/mol. The fourth-order valence-corrected chi connectivity index (χ4v) is 4.23. The molecule has 0 aromatic heterocycles. The van der Waals surface area contributed by atoms with Crippen LogP contribution in [0.3, 0.4) is 0 Å². The van der Waals surface area contributed by atoms with Gasteiger partial charge in [0.1, 0.15) is 18.8 Å². The van der Waals surface area contributed by atoms with Crippen molar-refractivity contribution >= 4 is 27.7 Å². The van der Waals surface area contributed by atoms with E-state index in [1.54, 1.807) is 6.92 Å². The lowest BCUT2D eigenvalue weighted by atomic mass is 10.0. The second-order valence-corrected chi connectivity index (χ2v) is 8.27. The summed E-state index contributed by atoms with van der Waals surface area (Å²) in [5.41, 5.74) is -0.910. The minimum atomic E-state index is -3.77. The summed E-state index contributed by atoms with van der Waals surface area (Å²) in [6, 6.07) is 0. The van der Waals surface area contributed by atoms with Crippen LogP contribution in [0.1, 0.15) is 34.1 Å². The zero-order valence-electron chi connectivity index (χ0n) is 15.2. The van der Waals surface area contributed by atoms with E-state index < -0.39 is 51.5 Å². The average Bonchev–Trinajstić information content (AvgIpc) is 2.44. The summed E-state index contributed by atoms with van der Waals surface area (Å²) in [7, 11) is -3.77. The van der Waals surface area contributed by atoms with Gasteiger partial charge in [0.2, 0.25) is 0 Å². The molecular weight excluding hydrogens is 368 g/mol. The van der Waals surface area contributed by atoms with Gasteiger partial charge in [-0.15, -0.1) is 0 Å². The van der Waals surface area contributed by atoms with Gasteiger partial charge < -0.3 is 18.9 Å². The van der Waals surface area contributed by atoms with Gasteiger partial charge in [-0.25, -0.2) is 8.42 Å². The third-order valence-corrected chi connectivity index (χ3v) is 5.40. The van der Waals surface area contributed by atoms with E-state index in [9.17, 15) is 22.8 Å². The van der Waals surface area contributed by atoms with E-state index in [0.29, 0.717) is 5.57 Å². The molecule has 0 bridgehead atoms. The molecule has 1 unspecified atom stereocenters. The summed E-state index contributed by atoms with van der Waals surface area (Å²) in [6.45, 7) is 8.25. The summed E-state index contributed by atoms with van der Waals surface area (Å²) in [5, 5.41) is 0. The van der Waals surface area contributed by atoms with E-state index in [-0.39, 0.29) is 18.8 Å². The van der Waals surface area contributed by atoms with Crippen LogP contribution in [-0.4, -0.2) is 62.4 Å². The minimum Gasteiger partial charge on any atom is -0.463 e. The van der Waals surface area contributed by atoms with Crippen LogP contribution in [0, 0.1) is 0 Å². The number of hydrogen-bond acceptors (Lipinski definition) is 9. The number of carbonyl (C=O) groups excluding carboxylic acids is 3. The fraction of sp³-hybridized carbons (Fsp3) is 0.688. The van der Waals surface area contributed by atoms with E-state index in [1.807, 2.05) is 0 Å². The number of sulfone groups is 1. The van der Waals surface area contributed by atoms with E-state index in [2.05, 4.69) is 6.58 Å². The number of hydrogen-bond donors (Lipinski definition) is 0. The van der Waals surface area contributed by atoms with Crippen molar-refractivity contribution in [1.82, 2.24) is 0 Å². The normalized spacial score (nSPS) is 25.8. The standard InChI is InChI=1S/C16H24O9S/c1-9(2)8-26(20,21)15-6-13(23-11(4)18)16(24-12(5)19)14(25-15)7-22-10(3)17/h13-16H,1,6-8H2,2-5H3/t13-,14-,15?,16+/m1/s1. The van der Waals surface area contributed by atoms with Crippen molar-refractivity contribution in [2.75, 3.05) is 12.4 Å². The van der Waals surface area contributed by atoms with Crippen LogP contribution in [0.15, 0.2) is 12.2 Å². The Balaban J connectivity index is 3.16. The maximum atomic E-state index is 12.5. The predicted octanol–water partition coefficient (Wildman–Crippen LogP) is 0.519. The smallest absolute Gasteiger partial charge is 0.303 e. The lowest BCUT2D eigenvalue weighted by molar-refractivity contribution is -0.205. The molecule has 9 nitrogen and oxygen atoms in total. The maximum Gasteiger partial charge on any atom is 0.303 e.